The number of nitrogens with one attached hydrogen (secondary N) is 1. The smallest absolute Gasteiger partial charge is 0.256 e. The number of ether oxygens (including phenoxy) is 2. The number of amides is 3. The normalized spacial score (nSPS) is 17.9. The fraction of sp³-hybridized carbons (Fsp3) is 0.423. The summed E-state index contributed by atoms with van der Waals surface area (Å²) in [6.45, 7) is 1.65. The van der Waals surface area contributed by atoms with E-state index in [1.54, 1.807) is 33.7 Å². The number of benzene rings is 2. The van der Waals surface area contributed by atoms with Crippen LogP contribution >= 0.6 is 11.8 Å². The highest BCUT2D eigenvalue weighted by molar-refractivity contribution is 7.98. The molecule has 2 saturated heterocycles. The topological polar surface area (TPSA) is 88.2 Å². The molecule has 35 heavy (non-hydrogen) atoms. The Bertz CT molecular complexity index is 1100. The Hall–Kier alpha value is -3.20. The first-order chi connectivity index (χ1) is 16.9. The van der Waals surface area contributed by atoms with Crippen LogP contribution in [0.2, 0.25) is 0 Å². The van der Waals surface area contributed by atoms with Gasteiger partial charge in [-0.3, -0.25) is 14.4 Å². The minimum atomic E-state index is -0.534. The van der Waals surface area contributed by atoms with Gasteiger partial charge in [-0.05, 0) is 55.9 Å². The summed E-state index contributed by atoms with van der Waals surface area (Å²) in [7, 11) is 3.02. The lowest BCUT2D eigenvalue weighted by molar-refractivity contribution is -0.122. The molecule has 2 heterocycles. The zero-order chi connectivity index (χ0) is 24.9. The van der Waals surface area contributed by atoms with Gasteiger partial charge >= 0.3 is 0 Å². The quantitative estimate of drug-likeness (QED) is 0.581. The van der Waals surface area contributed by atoms with Gasteiger partial charge in [0.05, 0.1) is 31.4 Å². The van der Waals surface area contributed by atoms with Gasteiger partial charge < -0.3 is 24.6 Å². The number of thioether (sulfide) groups is 1. The van der Waals surface area contributed by atoms with E-state index in [0.29, 0.717) is 35.8 Å². The first-order valence-electron chi connectivity index (χ1n) is 11.8. The van der Waals surface area contributed by atoms with Crippen LogP contribution < -0.4 is 19.7 Å². The second kappa shape index (κ2) is 11.0. The van der Waals surface area contributed by atoms with Gasteiger partial charge in [0.25, 0.3) is 5.91 Å². The predicted molar refractivity (Wildman–Crippen MR) is 137 cm³/mol. The molecule has 2 aromatic carbocycles. The highest BCUT2D eigenvalue weighted by atomic mass is 32.2. The van der Waals surface area contributed by atoms with Crippen molar-refractivity contribution in [2.45, 2.75) is 30.6 Å². The Morgan fingerprint density at radius 3 is 2.29 bits per heavy atom. The standard InChI is InChI=1S/C26H31N3O5S/c1-33-22-14-20(26(32)28-11-5-4-6-12-28)21(15-23(22)34-2)27-25(31)17-13-24(30)29(16-17)18-7-9-19(35-3)10-8-18/h7-10,14-15,17H,4-6,11-13,16H2,1-3H3,(H,27,31). The summed E-state index contributed by atoms with van der Waals surface area (Å²) in [4.78, 5) is 43.9. The minimum Gasteiger partial charge on any atom is -0.493 e. The molecule has 1 N–H and O–H groups in total. The maximum Gasteiger partial charge on any atom is 0.256 e. The molecular formula is C26H31N3O5S. The molecule has 2 aliphatic heterocycles. The van der Waals surface area contributed by atoms with E-state index >= 15 is 0 Å². The molecule has 0 aliphatic carbocycles. The number of hydrogen-bond donors (Lipinski definition) is 1. The Morgan fingerprint density at radius 2 is 1.66 bits per heavy atom. The molecule has 0 saturated carbocycles. The van der Waals surface area contributed by atoms with Crippen molar-refractivity contribution >= 4 is 40.9 Å². The number of rotatable bonds is 7. The number of piperidine rings is 1. The average molecular weight is 498 g/mol. The Labute approximate surface area is 209 Å². The van der Waals surface area contributed by atoms with Crippen molar-refractivity contribution in [3.63, 3.8) is 0 Å². The molecule has 8 nitrogen and oxygen atoms in total. The van der Waals surface area contributed by atoms with Gasteiger partial charge in [-0.1, -0.05) is 0 Å². The number of carbonyl (C=O) groups is 3. The lowest BCUT2D eigenvalue weighted by Gasteiger charge is -2.28. The maximum atomic E-state index is 13.3. The molecule has 1 atom stereocenters. The van der Waals surface area contributed by atoms with Crippen molar-refractivity contribution in [1.29, 1.82) is 0 Å². The third-order valence-electron chi connectivity index (χ3n) is 6.54. The number of likely N-dealkylation sites (tertiary alicyclic amines) is 1. The van der Waals surface area contributed by atoms with Crippen LogP contribution in [0.25, 0.3) is 0 Å². The number of carbonyl (C=O) groups excluding carboxylic acids is 3. The molecule has 186 valence electrons. The number of nitrogens with zero attached hydrogens (tertiary/aromatic N) is 2. The highest BCUT2D eigenvalue weighted by Crippen LogP contribution is 2.35. The third-order valence-corrected chi connectivity index (χ3v) is 7.28. The molecule has 2 aromatic rings. The summed E-state index contributed by atoms with van der Waals surface area (Å²) in [5.74, 6) is -0.258. The monoisotopic (exact) mass is 497 g/mol. The van der Waals surface area contributed by atoms with Gasteiger partial charge in [-0.2, -0.15) is 0 Å². The Balaban J connectivity index is 1.55. The van der Waals surface area contributed by atoms with Crippen molar-refractivity contribution in [1.82, 2.24) is 4.90 Å². The summed E-state index contributed by atoms with van der Waals surface area (Å²) in [6.07, 6.45) is 5.12. The average Bonchev–Trinajstić information content (AvgIpc) is 3.30. The van der Waals surface area contributed by atoms with Gasteiger partial charge in [0, 0.05) is 42.7 Å². The second-order valence-electron chi connectivity index (χ2n) is 8.70. The number of hydrogen-bond acceptors (Lipinski definition) is 6. The first-order valence-corrected chi connectivity index (χ1v) is 13.0. The van der Waals surface area contributed by atoms with E-state index in [9.17, 15) is 14.4 Å². The molecular weight excluding hydrogens is 466 g/mol. The largest absolute Gasteiger partial charge is 0.493 e. The minimum absolute atomic E-state index is 0.0982. The van der Waals surface area contributed by atoms with E-state index in [1.807, 2.05) is 30.5 Å². The van der Waals surface area contributed by atoms with E-state index in [4.69, 9.17) is 9.47 Å². The van der Waals surface area contributed by atoms with Gasteiger partial charge in [0.1, 0.15) is 0 Å². The second-order valence-corrected chi connectivity index (χ2v) is 9.58. The summed E-state index contributed by atoms with van der Waals surface area (Å²) >= 11 is 1.63. The Morgan fingerprint density at radius 1 is 1.00 bits per heavy atom. The van der Waals surface area contributed by atoms with Crippen molar-refractivity contribution < 1.29 is 23.9 Å². The fourth-order valence-corrected chi connectivity index (χ4v) is 4.96. The molecule has 4 rings (SSSR count). The summed E-state index contributed by atoms with van der Waals surface area (Å²) in [6, 6.07) is 10.9. The fourth-order valence-electron chi connectivity index (χ4n) is 4.56. The van der Waals surface area contributed by atoms with E-state index in [1.165, 1.54) is 14.2 Å². The summed E-state index contributed by atoms with van der Waals surface area (Å²) in [5.41, 5.74) is 1.49. The molecule has 0 radical (unpaired) electrons. The SMILES string of the molecule is COc1cc(NC(=O)C2CC(=O)N(c3ccc(SC)cc3)C2)c(C(=O)N2CCCCC2)cc1OC. The van der Waals surface area contributed by atoms with Crippen LogP contribution in [0.4, 0.5) is 11.4 Å². The Kier molecular flexibility index (Phi) is 7.85. The van der Waals surface area contributed by atoms with Crippen molar-refractivity contribution in [3.8, 4) is 11.5 Å². The van der Waals surface area contributed by atoms with E-state index in [2.05, 4.69) is 5.32 Å². The van der Waals surface area contributed by atoms with Crippen molar-refractivity contribution in [3.05, 3.63) is 42.0 Å². The van der Waals surface area contributed by atoms with E-state index in [-0.39, 0.29) is 30.7 Å². The molecule has 9 heteroatoms. The van der Waals surface area contributed by atoms with E-state index < -0.39 is 5.92 Å². The first kappa shape index (κ1) is 24.9. The van der Waals surface area contributed by atoms with Crippen LogP contribution in [0.5, 0.6) is 11.5 Å². The van der Waals surface area contributed by atoms with Crippen molar-refractivity contribution in [2.75, 3.05) is 50.3 Å². The molecule has 2 fully saturated rings. The van der Waals surface area contributed by atoms with Gasteiger partial charge in [0.15, 0.2) is 11.5 Å². The zero-order valence-corrected chi connectivity index (χ0v) is 21.2. The van der Waals surface area contributed by atoms with E-state index in [0.717, 1.165) is 29.8 Å². The summed E-state index contributed by atoms with van der Waals surface area (Å²) < 4.78 is 10.8. The maximum absolute atomic E-state index is 13.3. The molecule has 0 spiro atoms. The zero-order valence-electron chi connectivity index (χ0n) is 20.3. The van der Waals surface area contributed by atoms with Crippen LogP contribution in [0.15, 0.2) is 41.3 Å². The van der Waals surface area contributed by atoms with Crippen LogP contribution in [0, 0.1) is 5.92 Å². The molecule has 3 amide bonds. The molecule has 0 aromatic heterocycles. The number of methoxy groups -OCH3 is 2. The van der Waals surface area contributed by atoms with Crippen LogP contribution in [0.1, 0.15) is 36.0 Å². The predicted octanol–water partition coefficient (Wildman–Crippen LogP) is 4.04. The molecule has 2 aliphatic rings. The van der Waals surface area contributed by atoms with Crippen LogP contribution in [0.3, 0.4) is 0 Å². The number of anilines is 2. The van der Waals surface area contributed by atoms with Crippen molar-refractivity contribution in [2.24, 2.45) is 5.92 Å². The van der Waals surface area contributed by atoms with Gasteiger partial charge in [0.2, 0.25) is 11.8 Å². The lowest BCUT2D eigenvalue weighted by Crippen LogP contribution is -2.36. The van der Waals surface area contributed by atoms with Crippen LogP contribution in [-0.4, -0.2) is 62.7 Å². The van der Waals surface area contributed by atoms with Gasteiger partial charge in [-0.15, -0.1) is 11.8 Å². The summed E-state index contributed by atoms with van der Waals surface area (Å²) in [5, 5.41) is 2.91. The molecule has 0 bridgehead atoms. The molecule has 1 unspecified atom stereocenters. The van der Waals surface area contributed by atoms with Crippen LogP contribution in [-0.2, 0) is 9.59 Å². The lowest BCUT2D eigenvalue weighted by atomic mass is 10.0. The third kappa shape index (κ3) is 5.40. The van der Waals surface area contributed by atoms with Gasteiger partial charge in [-0.25, -0.2) is 0 Å². The highest BCUT2D eigenvalue weighted by Gasteiger charge is 2.36.